The largest absolute Gasteiger partial charge is 0.315 e. The number of nitrogens with one attached hydrogen (secondary N) is 1. The Morgan fingerprint density at radius 2 is 2.16 bits per heavy atom. The van der Waals surface area contributed by atoms with Gasteiger partial charge < -0.3 is 5.32 Å². The van der Waals surface area contributed by atoms with E-state index < -0.39 is 0 Å². The molecule has 136 valence electrons. The van der Waals surface area contributed by atoms with Crippen LogP contribution < -0.4 is 10.9 Å². The van der Waals surface area contributed by atoms with Crippen LogP contribution >= 0.6 is 15.9 Å². The van der Waals surface area contributed by atoms with Crippen LogP contribution in [0, 0.1) is 0 Å². The molecule has 1 aliphatic heterocycles. The third kappa shape index (κ3) is 3.93. The second kappa shape index (κ2) is 8.38. The van der Waals surface area contributed by atoms with Gasteiger partial charge >= 0.3 is 0 Å². The first-order chi connectivity index (χ1) is 12.2. The third-order valence-electron chi connectivity index (χ3n) is 4.80. The van der Waals surface area contributed by atoms with Crippen LogP contribution in [0.2, 0.25) is 0 Å². The zero-order valence-corrected chi connectivity index (χ0v) is 16.5. The summed E-state index contributed by atoms with van der Waals surface area (Å²) in [4.78, 5) is 24.7. The van der Waals surface area contributed by atoms with Crippen molar-refractivity contribution in [2.24, 2.45) is 0 Å². The average Bonchev–Trinajstić information content (AvgIpc) is 2.89. The fourth-order valence-corrected chi connectivity index (χ4v) is 3.91. The molecule has 1 atom stereocenters. The monoisotopic (exact) mass is 407 g/mol. The van der Waals surface area contributed by atoms with Gasteiger partial charge in [-0.3, -0.25) is 14.3 Å². The zero-order chi connectivity index (χ0) is 17.8. The number of hydrogen-bond acceptors (Lipinski definition) is 5. The molecule has 2 aromatic rings. The van der Waals surface area contributed by atoms with Gasteiger partial charge in [-0.1, -0.05) is 13.3 Å². The van der Waals surface area contributed by atoms with Crippen LogP contribution in [0.3, 0.4) is 0 Å². The zero-order valence-electron chi connectivity index (χ0n) is 15.0. The Labute approximate surface area is 156 Å². The van der Waals surface area contributed by atoms with E-state index in [1.54, 1.807) is 6.20 Å². The summed E-state index contributed by atoms with van der Waals surface area (Å²) in [6.07, 6.45) is 4.88. The molecule has 0 radical (unpaired) electrons. The Hall–Kier alpha value is -1.31. The van der Waals surface area contributed by atoms with E-state index in [1.807, 2.05) is 17.6 Å². The second-order valence-corrected chi connectivity index (χ2v) is 7.40. The number of rotatable bonds is 5. The summed E-state index contributed by atoms with van der Waals surface area (Å²) < 4.78 is 2.63. The lowest BCUT2D eigenvalue weighted by atomic mass is 10.1. The molecule has 0 aromatic carbocycles. The van der Waals surface area contributed by atoms with Crippen molar-refractivity contribution < 1.29 is 0 Å². The van der Waals surface area contributed by atoms with Gasteiger partial charge in [0.05, 0.1) is 11.4 Å². The highest BCUT2D eigenvalue weighted by Crippen LogP contribution is 2.26. The quantitative estimate of drug-likeness (QED) is 0.825. The fourth-order valence-electron chi connectivity index (χ4n) is 3.58. The van der Waals surface area contributed by atoms with E-state index in [1.165, 1.54) is 0 Å². The van der Waals surface area contributed by atoms with Gasteiger partial charge in [-0.25, -0.2) is 9.97 Å². The van der Waals surface area contributed by atoms with Crippen molar-refractivity contribution in [3.63, 3.8) is 0 Å². The maximum Gasteiger partial charge on any atom is 0.263 e. The number of pyridine rings is 1. The van der Waals surface area contributed by atoms with E-state index in [4.69, 9.17) is 4.98 Å². The molecule has 0 aliphatic carbocycles. The predicted molar refractivity (Wildman–Crippen MR) is 104 cm³/mol. The van der Waals surface area contributed by atoms with E-state index in [0.717, 1.165) is 55.7 Å². The van der Waals surface area contributed by atoms with E-state index in [2.05, 4.69) is 38.1 Å². The first-order valence-electron chi connectivity index (χ1n) is 9.16. The van der Waals surface area contributed by atoms with Crippen LogP contribution in [0.25, 0.3) is 11.0 Å². The lowest BCUT2D eigenvalue weighted by molar-refractivity contribution is 0.185. The number of aromatic nitrogens is 3. The summed E-state index contributed by atoms with van der Waals surface area (Å²) >= 11 is 3.40. The molecule has 0 amide bonds. The molecular weight excluding hydrogens is 382 g/mol. The standard InChI is InChI=1S/C18H26BrN5O/c1-3-6-15(23-9-5-7-20-8-10-23)17-22-16-14(11-13(19)12-21-16)18(25)24(17)4-2/h11-12,15,20H,3-10H2,1-2H3. The highest BCUT2D eigenvalue weighted by Gasteiger charge is 2.26. The Morgan fingerprint density at radius 3 is 2.92 bits per heavy atom. The van der Waals surface area contributed by atoms with Crippen molar-refractivity contribution in [1.29, 1.82) is 0 Å². The molecule has 0 bridgehead atoms. The topological polar surface area (TPSA) is 63.1 Å². The maximum absolute atomic E-state index is 13.0. The molecule has 25 heavy (non-hydrogen) atoms. The molecule has 1 N–H and O–H groups in total. The smallest absolute Gasteiger partial charge is 0.263 e. The molecule has 6 nitrogen and oxygen atoms in total. The van der Waals surface area contributed by atoms with E-state index >= 15 is 0 Å². The van der Waals surface area contributed by atoms with Gasteiger partial charge in [0.1, 0.15) is 5.82 Å². The minimum Gasteiger partial charge on any atom is -0.315 e. The van der Waals surface area contributed by atoms with Gasteiger partial charge in [0.15, 0.2) is 5.65 Å². The van der Waals surface area contributed by atoms with Crippen molar-refractivity contribution >= 4 is 27.0 Å². The second-order valence-electron chi connectivity index (χ2n) is 6.49. The molecule has 1 unspecified atom stereocenters. The molecule has 1 fully saturated rings. The summed E-state index contributed by atoms with van der Waals surface area (Å²) in [6, 6.07) is 1.98. The minimum absolute atomic E-state index is 0.00495. The Bertz CT molecular complexity index is 783. The van der Waals surface area contributed by atoms with Crippen LogP contribution in [0.4, 0.5) is 0 Å². The molecule has 2 aromatic heterocycles. The van der Waals surface area contributed by atoms with Crippen molar-refractivity contribution in [2.75, 3.05) is 26.2 Å². The SMILES string of the molecule is CCCC(c1nc2ncc(Br)cc2c(=O)n1CC)N1CCCNCC1. The first-order valence-corrected chi connectivity index (χ1v) is 9.95. The summed E-state index contributed by atoms with van der Waals surface area (Å²) in [5.74, 6) is 0.860. The number of nitrogens with zero attached hydrogens (tertiary/aromatic N) is 4. The Morgan fingerprint density at radius 1 is 1.32 bits per heavy atom. The van der Waals surface area contributed by atoms with Gasteiger partial charge in [-0.2, -0.15) is 0 Å². The minimum atomic E-state index is 0.00495. The summed E-state index contributed by atoms with van der Waals surface area (Å²) in [6.45, 7) is 8.87. The maximum atomic E-state index is 13.0. The van der Waals surface area contributed by atoms with Gasteiger partial charge in [-0.15, -0.1) is 0 Å². The van der Waals surface area contributed by atoms with Crippen LogP contribution in [-0.4, -0.2) is 45.6 Å². The molecule has 1 saturated heterocycles. The highest BCUT2D eigenvalue weighted by atomic mass is 79.9. The number of halogens is 1. The number of fused-ring (bicyclic) bond motifs is 1. The van der Waals surface area contributed by atoms with Gasteiger partial charge in [-0.05, 0) is 48.3 Å². The average molecular weight is 408 g/mol. The highest BCUT2D eigenvalue weighted by molar-refractivity contribution is 9.10. The summed E-state index contributed by atoms with van der Waals surface area (Å²) in [5, 5.41) is 4.03. The van der Waals surface area contributed by atoms with Crippen molar-refractivity contribution in [3.05, 3.63) is 32.9 Å². The lowest BCUT2D eigenvalue weighted by Gasteiger charge is -2.31. The third-order valence-corrected chi connectivity index (χ3v) is 5.23. The molecular formula is C18H26BrN5O. The number of hydrogen-bond donors (Lipinski definition) is 1. The molecule has 3 rings (SSSR count). The molecule has 7 heteroatoms. The summed E-state index contributed by atoms with van der Waals surface area (Å²) in [7, 11) is 0. The predicted octanol–water partition coefficient (Wildman–Crippen LogP) is 2.71. The summed E-state index contributed by atoms with van der Waals surface area (Å²) in [5.41, 5.74) is 0.548. The first kappa shape index (κ1) is 18.5. The Kier molecular flexibility index (Phi) is 6.19. The fraction of sp³-hybridized carbons (Fsp3) is 0.611. The molecule has 0 saturated carbocycles. The molecule has 1 aliphatic rings. The van der Waals surface area contributed by atoms with Crippen molar-refractivity contribution in [1.82, 2.24) is 24.8 Å². The van der Waals surface area contributed by atoms with Gasteiger partial charge in [0.2, 0.25) is 0 Å². The lowest BCUT2D eigenvalue weighted by Crippen LogP contribution is -2.37. The van der Waals surface area contributed by atoms with Crippen LogP contribution in [-0.2, 0) is 6.54 Å². The van der Waals surface area contributed by atoms with Crippen LogP contribution in [0.1, 0.15) is 45.0 Å². The van der Waals surface area contributed by atoms with Crippen LogP contribution in [0.15, 0.2) is 21.5 Å². The molecule has 3 heterocycles. The van der Waals surface area contributed by atoms with Gasteiger partial charge in [0, 0.05) is 36.8 Å². The normalized spacial score (nSPS) is 17.6. The van der Waals surface area contributed by atoms with E-state index in [-0.39, 0.29) is 11.6 Å². The van der Waals surface area contributed by atoms with Crippen molar-refractivity contribution in [2.45, 2.75) is 45.7 Å². The van der Waals surface area contributed by atoms with Crippen molar-refractivity contribution in [3.8, 4) is 0 Å². The van der Waals surface area contributed by atoms with Gasteiger partial charge in [0.25, 0.3) is 5.56 Å². The van der Waals surface area contributed by atoms with E-state index in [9.17, 15) is 4.79 Å². The Balaban J connectivity index is 2.12. The van der Waals surface area contributed by atoms with Crippen LogP contribution in [0.5, 0.6) is 0 Å². The van der Waals surface area contributed by atoms with E-state index in [0.29, 0.717) is 17.6 Å². The molecule has 0 spiro atoms.